The van der Waals surface area contributed by atoms with E-state index in [-0.39, 0.29) is 17.9 Å². The number of amides is 1. The van der Waals surface area contributed by atoms with Gasteiger partial charge in [0.1, 0.15) is 6.04 Å². The van der Waals surface area contributed by atoms with Gasteiger partial charge in [-0.3, -0.25) is 4.79 Å². The predicted molar refractivity (Wildman–Crippen MR) is 79.4 cm³/mol. The Morgan fingerprint density at radius 3 is 2.23 bits per heavy atom. The lowest BCUT2D eigenvalue weighted by molar-refractivity contribution is -0.118. The van der Waals surface area contributed by atoms with Crippen LogP contribution in [0.3, 0.4) is 0 Å². The number of anilines is 1. The number of nitrogens with one attached hydrogen (secondary N) is 1. The summed E-state index contributed by atoms with van der Waals surface area (Å²) in [5.74, 6) is -0.441. The second-order valence-electron chi connectivity index (χ2n) is 4.30. The van der Waals surface area contributed by atoms with Crippen molar-refractivity contribution in [1.29, 1.82) is 0 Å². The van der Waals surface area contributed by atoms with Crippen molar-refractivity contribution in [3.05, 3.63) is 17.7 Å². The molecule has 1 aromatic carbocycles. The molecule has 3 N–H and O–H groups in total. The molecule has 1 atom stereocenters. The van der Waals surface area contributed by atoms with E-state index in [1.807, 2.05) is 0 Å². The van der Waals surface area contributed by atoms with Gasteiger partial charge in [0, 0.05) is 19.2 Å². The van der Waals surface area contributed by atoms with Gasteiger partial charge in [-0.25, -0.2) is 4.79 Å². The monoisotopic (exact) mass is 312 g/mol. The molecule has 22 heavy (non-hydrogen) atoms. The minimum Gasteiger partial charge on any atom is -0.493 e. The Labute approximate surface area is 128 Å². The topological polar surface area (TPSA) is 109 Å². The number of benzene rings is 1. The smallest absolute Gasteiger partial charge is 0.340 e. The lowest BCUT2D eigenvalue weighted by Gasteiger charge is -2.16. The van der Waals surface area contributed by atoms with Crippen LogP contribution in [-0.2, 0) is 14.3 Å². The maximum absolute atomic E-state index is 12.0. The van der Waals surface area contributed by atoms with E-state index >= 15 is 0 Å². The van der Waals surface area contributed by atoms with Gasteiger partial charge in [-0.2, -0.15) is 0 Å². The van der Waals surface area contributed by atoms with E-state index < -0.39 is 17.9 Å². The first kappa shape index (κ1) is 17.7. The highest BCUT2D eigenvalue weighted by molar-refractivity contribution is 6.03. The van der Waals surface area contributed by atoms with Crippen LogP contribution in [-0.4, -0.2) is 53.0 Å². The molecule has 1 rings (SSSR count). The third-order valence-corrected chi connectivity index (χ3v) is 2.87. The van der Waals surface area contributed by atoms with Crippen molar-refractivity contribution in [3.8, 4) is 11.5 Å². The Balaban J connectivity index is 3.20. The first-order valence-electron chi connectivity index (χ1n) is 6.38. The molecular weight excluding hydrogens is 292 g/mol. The summed E-state index contributed by atoms with van der Waals surface area (Å²) in [6.45, 7) is 0.0483. The second kappa shape index (κ2) is 8.20. The molecule has 1 unspecified atom stereocenters. The molecule has 122 valence electrons. The van der Waals surface area contributed by atoms with Gasteiger partial charge in [0.05, 0.1) is 39.2 Å². The van der Waals surface area contributed by atoms with E-state index in [0.29, 0.717) is 11.5 Å². The highest BCUT2D eigenvalue weighted by atomic mass is 16.5. The number of carbonyl (C=O) groups is 2. The van der Waals surface area contributed by atoms with Gasteiger partial charge in [-0.15, -0.1) is 0 Å². The normalized spacial score (nSPS) is 11.5. The van der Waals surface area contributed by atoms with Crippen LogP contribution >= 0.6 is 0 Å². The highest BCUT2D eigenvalue weighted by Gasteiger charge is 2.21. The zero-order chi connectivity index (χ0) is 16.7. The molecule has 1 aromatic rings. The van der Waals surface area contributed by atoms with E-state index in [2.05, 4.69) is 5.32 Å². The second-order valence-corrected chi connectivity index (χ2v) is 4.30. The Hall–Kier alpha value is -2.32. The summed E-state index contributed by atoms with van der Waals surface area (Å²) >= 11 is 0. The molecular formula is C14H20N2O6. The fourth-order valence-electron chi connectivity index (χ4n) is 1.74. The van der Waals surface area contributed by atoms with Crippen LogP contribution in [0, 0.1) is 0 Å². The maximum atomic E-state index is 12.0. The molecule has 8 heteroatoms. The first-order chi connectivity index (χ1) is 10.5. The van der Waals surface area contributed by atoms with Crippen LogP contribution in [0.15, 0.2) is 12.1 Å². The summed E-state index contributed by atoms with van der Waals surface area (Å²) in [5, 5.41) is 2.56. The molecule has 0 aliphatic rings. The van der Waals surface area contributed by atoms with Crippen molar-refractivity contribution >= 4 is 17.6 Å². The standard InChI is InChI=1S/C14H20N2O6/c1-19-7-9(15)13(17)16-10-6-12(21-3)11(20-2)5-8(10)14(18)22-4/h5-6,9H,7,15H2,1-4H3,(H,16,17). The third-order valence-electron chi connectivity index (χ3n) is 2.87. The summed E-state index contributed by atoms with van der Waals surface area (Å²) in [7, 11) is 5.55. The molecule has 0 heterocycles. The van der Waals surface area contributed by atoms with Gasteiger partial charge in [-0.05, 0) is 0 Å². The molecule has 1 amide bonds. The lowest BCUT2D eigenvalue weighted by atomic mass is 10.1. The minimum atomic E-state index is -0.872. The number of esters is 1. The molecule has 0 aromatic heterocycles. The predicted octanol–water partition coefficient (Wildman–Crippen LogP) is 0.403. The SMILES string of the molecule is COCC(N)C(=O)Nc1cc(OC)c(OC)cc1C(=O)OC. The van der Waals surface area contributed by atoms with E-state index in [4.69, 9.17) is 24.7 Å². The molecule has 0 radical (unpaired) electrons. The number of hydrogen-bond donors (Lipinski definition) is 2. The molecule has 0 aliphatic carbocycles. The number of nitrogens with two attached hydrogens (primary N) is 1. The Bertz CT molecular complexity index is 546. The van der Waals surface area contributed by atoms with Crippen LogP contribution in [0.4, 0.5) is 5.69 Å². The van der Waals surface area contributed by atoms with Crippen LogP contribution in [0.5, 0.6) is 11.5 Å². The van der Waals surface area contributed by atoms with Crippen molar-refractivity contribution in [2.24, 2.45) is 5.73 Å². The summed E-state index contributed by atoms with van der Waals surface area (Å²) < 4.78 is 19.8. The average molecular weight is 312 g/mol. The summed E-state index contributed by atoms with van der Waals surface area (Å²) in [5.41, 5.74) is 5.98. The van der Waals surface area contributed by atoms with Crippen molar-refractivity contribution in [3.63, 3.8) is 0 Å². The van der Waals surface area contributed by atoms with Crippen LogP contribution in [0.2, 0.25) is 0 Å². The fraction of sp³-hybridized carbons (Fsp3) is 0.429. The number of hydrogen-bond acceptors (Lipinski definition) is 7. The number of rotatable bonds is 7. The highest BCUT2D eigenvalue weighted by Crippen LogP contribution is 2.33. The molecule has 0 saturated heterocycles. The van der Waals surface area contributed by atoms with Gasteiger partial charge in [0.2, 0.25) is 5.91 Å². The first-order valence-corrected chi connectivity index (χ1v) is 6.38. The quantitative estimate of drug-likeness (QED) is 0.701. The zero-order valence-corrected chi connectivity index (χ0v) is 13.0. The summed E-state index contributed by atoms with van der Waals surface area (Å²) in [4.78, 5) is 23.8. The number of methoxy groups -OCH3 is 4. The largest absolute Gasteiger partial charge is 0.493 e. The Kier molecular flexibility index (Phi) is 6.61. The third kappa shape index (κ3) is 4.09. The summed E-state index contributed by atoms with van der Waals surface area (Å²) in [6.07, 6.45) is 0. The van der Waals surface area contributed by atoms with E-state index in [1.54, 1.807) is 0 Å². The Morgan fingerprint density at radius 1 is 1.14 bits per heavy atom. The van der Waals surface area contributed by atoms with Gasteiger partial charge in [-0.1, -0.05) is 0 Å². The van der Waals surface area contributed by atoms with E-state index in [1.165, 1.54) is 40.6 Å². The molecule has 0 fully saturated rings. The Morgan fingerprint density at radius 2 is 1.73 bits per heavy atom. The van der Waals surface area contributed by atoms with Crippen LogP contribution in [0.1, 0.15) is 10.4 Å². The average Bonchev–Trinajstić information content (AvgIpc) is 2.53. The van der Waals surface area contributed by atoms with Gasteiger partial charge in [0.25, 0.3) is 0 Å². The molecule has 0 aliphatic heterocycles. The zero-order valence-electron chi connectivity index (χ0n) is 13.0. The van der Waals surface area contributed by atoms with Crippen LogP contribution < -0.4 is 20.5 Å². The molecule has 8 nitrogen and oxygen atoms in total. The van der Waals surface area contributed by atoms with Gasteiger partial charge < -0.3 is 30.0 Å². The van der Waals surface area contributed by atoms with Gasteiger partial charge >= 0.3 is 5.97 Å². The molecule has 0 bridgehead atoms. The van der Waals surface area contributed by atoms with E-state index in [0.717, 1.165) is 0 Å². The maximum Gasteiger partial charge on any atom is 0.340 e. The minimum absolute atomic E-state index is 0.0483. The molecule has 0 spiro atoms. The van der Waals surface area contributed by atoms with E-state index in [9.17, 15) is 9.59 Å². The van der Waals surface area contributed by atoms with Crippen molar-refractivity contribution < 1.29 is 28.5 Å². The number of carbonyl (C=O) groups excluding carboxylic acids is 2. The fourth-order valence-corrected chi connectivity index (χ4v) is 1.74. The summed E-state index contributed by atoms with van der Waals surface area (Å²) in [6, 6.07) is 2.01. The van der Waals surface area contributed by atoms with Crippen molar-refractivity contribution in [2.45, 2.75) is 6.04 Å². The van der Waals surface area contributed by atoms with Crippen LogP contribution in [0.25, 0.3) is 0 Å². The van der Waals surface area contributed by atoms with Crippen molar-refractivity contribution in [2.75, 3.05) is 40.4 Å². The molecule has 0 saturated carbocycles. The number of ether oxygens (including phenoxy) is 4. The van der Waals surface area contributed by atoms with Crippen molar-refractivity contribution in [1.82, 2.24) is 0 Å². The van der Waals surface area contributed by atoms with Gasteiger partial charge in [0.15, 0.2) is 11.5 Å². The lowest BCUT2D eigenvalue weighted by Crippen LogP contribution is -2.39.